The molecule has 1 aliphatic rings. The lowest BCUT2D eigenvalue weighted by molar-refractivity contribution is 0.0701. The molecule has 0 aromatic heterocycles. The van der Waals surface area contributed by atoms with Gasteiger partial charge in [0.15, 0.2) is 0 Å². The minimum atomic E-state index is 0. The molecule has 2 aromatic carbocycles. The summed E-state index contributed by atoms with van der Waals surface area (Å²) >= 11 is 0. The molecule has 1 atom stereocenters. The first-order valence-electron chi connectivity index (χ1n) is 8.13. The average molecular weight is 347 g/mol. The van der Waals surface area contributed by atoms with E-state index in [1.807, 2.05) is 66.4 Å². The molecule has 4 nitrogen and oxygen atoms in total. The van der Waals surface area contributed by atoms with E-state index in [0.29, 0.717) is 17.9 Å². The molecular formula is C19H23ClN2O2. The number of nitrogens with zero attached hydrogens (tertiary/aromatic N) is 1. The first kappa shape index (κ1) is 18.3. The fraction of sp³-hybridized carbons (Fsp3) is 0.316. The molecular weight excluding hydrogens is 324 g/mol. The van der Waals surface area contributed by atoms with E-state index >= 15 is 0 Å². The Morgan fingerprint density at radius 2 is 1.88 bits per heavy atom. The zero-order chi connectivity index (χ0) is 16.1. The third kappa shape index (κ3) is 4.08. The van der Waals surface area contributed by atoms with Crippen LogP contribution in [0.4, 0.5) is 0 Å². The van der Waals surface area contributed by atoms with Gasteiger partial charge in [0.2, 0.25) is 0 Å². The number of amides is 1. The molecule has 1 heterocycles. The molecule has 1 amide bonds. The Morgan fingerprint density at radius 3 is 2.54 bits per heavy atom. The van der Waals surface area contributed by atoms with Crippen LogP contribution >= 0.6 is 12.4 Å². The van der Waals surface area contributed by atoms with Crippen LogP contribution in [0.3, 0.4) is 0 Å². The first-order chi connectivity index (χ1) is 11.3. The Balaban J connectivity index is 0.00000208. The number of nitrogens with one attached hydrogen (secondary N) is 1. The fourth-order valence-electron chi connectivity index (χ4n) is 2.98. The molecule has 1 N–H and O–H groups in total. The van der Waals surface area contributed by atoms with Crippen molar-refractivity contribution in [2.24, 2.45) is 0 Å². The molecule has 128 valence electrons. The predicted molar refractivity (Wildman–Crippen MR) is 98.2 cm³/mol. The van der Waals surface area contributed by atoms with E-state index in [2.05, 4.69) is 5.32 Å². The Morgan fingerprint density at radius 1 is 1.17 bits per heavy atom. The van der Waals surface area contributed by atoms with Crippen LogP contribution in [0.2, 0.25) is 0 Å². The monoisotopic (exact) mass is 346 g/mol. The Hall–Kier alpha value is -2.04. The summed E-state index contributed by atoms with van der Waals surface area (Å²) in [6.45, 7) is 4.56. The van der Waals surface area contributed by atoms with Gasteiger partial charge >= 0.3 is 0 Å². The van der Waals surface area contributed by atoms with Gasteiger partial charge in [0.1, 0.15) is 11.5 Å². The van der Waals surface area contributed by atoms with Gasteiger partial charge in [-0.25, -0.2) is 0 Å². The molecule has 0 bridgehead atoms. The van der Waals surface area contributed by atoms with Crippen molar-refractivity contribution in [1.82, 2.24) is 10.2 Å². The Kier molecular flexibility index (Phi) is 6.64. The minimum absolute atomic E-state index is 0. The molecule has 1 saturated heterocycles. The maximum atomic E-state index is 13.0. The molecule has 0 unspecified atom stereocenters. The van der Waals surface area contributed by atoms with Crippen LogP contribution in [-0.2, 0) is 0 Å². The van der Waals surface area contributed by atoms with Gasteiger partial charge in [-0.2, -0.15) is 0 Å². The van der Waals surface area contributed by atoms with E-state index in [1.54, 1.807) is 0 Å². The molecule has 3 rings (SSSR count). The number of halogens is 1. The van der Waals surface area contributed by atoms with Crippen molar-refractivity contribution < 1.29 is 9.53 Å². The molecule has 1 aliphatic heterocycles. The van der Waals surface area contributed by atoms with Crippen LogP contribution < -0.4 is 10.1 Å². The van der Waals surface area contributed by atoms with E-state index in [1.165, 1.54) is 0 Å². The van der Waals surface area contributed by atoms with Crippen molar-refractivity contribution in [2.45, 2.75) is 19.4 Å². The first-order valence-corrected chi connectivity index (χ1v) is 8.13. The summed E-state index contributed by atoms with van der Waals surface area (Å²) in [5, 5.41) is 3.32. The van der Waals surface area contributed by atoms with Crippen molar-refractivity contribution in [1.29, 1.82) is 0 Å². The molecule has 1 fully saturated rings. The number of likely N-dealkylation sites (N-methyl/N-ethyl adjacent to an activating group) is 1. The Bertz CT molecular complexity index is 657. The van der Waals surface area contributed by atoms with Gasteiger partial charge in [0.05, 0.1) is 5.56 Å². The number of carbonyl (C=O) groups is 1. The summed E-state index contributed by atoms with van der Waals surface area (Å²) in [6.07, 6.45) is 1.00. The van der Waals surface area contributed by atoms with Crippen molar-refractivity contribution >= 4 is 18.3 Å². The lowest BCUT2D eigenvalue weighted by Crippen LogP contribution is -2.41. The van der Waals surface area contributed by atoms with Crippen LogP contribution in [0.5, 0.6) is 11.5 Å². The van der Waals surface area contributed by atoms with Crippen LogP contribution in [0, 0.1) is 0 Å². The lowest BCUT2D eigenvalue weighted by atomic mass is 10.1. The largest absolute Gasteiger partial charge is 0.457 e. The second kappa shape index (κ2) is 8.71. The van der Waals surface area contributed by atoms with E-state index in [4.69, 9.17) is 4.74 Å². The summed E-state index contributed by atoms with van der Waals surface area (Å²) in [4.78, 5) is 14.9. The predicted octanol–water partition coefficient (Wildman–Crippen LogP) is 3.72. The number of hydrogen-bond acceptors (Lipinski definition) is 3. The average Bonchev–Trinajstić information content (AvgIpc) is 3.11. The number of ether oxygens (including phenoxy) is 1. The van der Waals surface area contributed by atoms with Crippen LogP contribution in [0.1, 0.15) is 23.7 Å². The van der Waals surface area contributed by atoms with Gasteiger partial charge < -0.3 is 15.0 Å². The van der Waals surface area contributed by atoms with Crippen LogP contribution in [0.15, 0.2) is 54.6 Å². The van der Waals surface area contributed by atoms with Crippen molar-refractivity contribution in [3.63, 3.8) is 0 Å². The minimum Gasteiger partial charge on any atom is -0.457 e. The summed E-state index contributed by atoms with van der Waals surface area (Å²) in [7, 11) is 0. The molecule has 2 aromatic rings. The summed E-state index contributed by atoms with van der Waals surface area (Å²) in [5.74, 6) is 1.37. The molecule has 24 heavy (non-hydrogen) atoms. The van der Waals surface area contributed by atoms with Gasteiger partial charge in [-0.3, -0.25) is 4.79 Å². The topological polar surface area (TPSA) is 41.6 Å². The van der Waals surface area contributed by atoms with Gasteiger partial charge in [0, 0.05) is 19.1 Å². The SMILES string of the molecule is CCN(C(=O)c1ccccc1Oc1ccccc1)[C@H]1CCNC1.Cl. The highest BCUT2D eigenvalue weighted by Crippen LogP contribution is 2.27. The normalized spacial score (nSPS) is 16.3. The van der Waals surface area contributed by atoms with Crippen molar-refractivity contribution in [3.8, 4) is 11.5 Å². The maximum absolute atomic E-state index is 13.0. The van der Waals surface area contributed by atoms with E-state index in [-0.39, 0.29) is 24.4 Å². The smallest absolute Gasteiger partial charge is 0.257 e. The molecule has 0 radical (unpaired) electrons. The van der Waals surface area contributed by atoms with E-state index in [9.17, 15) is 4.79 Å². The second-order valence-corrected chi connectivity index (χ2v) is 5.65. The van der Waals surface area contributed by atoms with Gasteiger partial charge in [0.25, 0.3) is 5.91 Å². The highest BCUT2D eigenvalue weighted by atomic mass is 35.5. The Labute approximate surface area is 149 Å². The lowest BCUT2D eigenvalue weighted by Gasteiger charge is -2.28. The molecule has 0 spiro atoms. The number of hydrogen-bond donors (Lipinski definition) is 1. The van der Waals surface area contributed by atoms with Crippen molar-refractivity contribution in [2.75, 3.05) is 19.6 Å². The summed E-state index contributed by atoms with van der Waals surface area (Å²) < 4.78 is 5.92. The van der Waals surface area contributed by atoms with Gasteiger partial charge in [-0.1, -0.05) is 30.3 Å². The zero-order valence-corrected chi connectivity index (χ0v) is 14.6. The summed E-state index contributed by atoms with van der Waals surface area (Å²) in [6, 6.07) is 17.3. The molecule has 5 heteroatoms. The number of carbonyl (C=O) groups excluding carboxylic acids is 1. The highest BCUT2D eigenvalue weighted by Gasteiger charge is 2.27. The maximum Gasteiger partial charge on any atom is 0.257 e. The third-order valence-corrected chi connectivity index (χ3v) is 4.17. The van der Waals surface area contributed by atoms with Crippen LogP contribution in [0.25, 0.3) is 0 Å². The number of rotatable bonds is 5. The standard InChI is InChI=1S/C19H22N2O2.ClH/c1-2-21(15-12-13-20-14-15)19(22)17-10-6-7-11-18(17)23-16-8-4-3-5-9-16;/h3-11,15,20H,2,12-14H2,1H3;1H/t15-;/m0./s1. The molecule has 0 saturated carbocycles. The van der Waals surface area contributed by atoms with Crippen molar-refractivity contribution in [3.05, 3.63) is 60.2 Å². The third-order valence-electron chi connectivity index (χ3n) is 4.17. The van der Waals surface area contributed by atoms with Crippen LogP contribution in [-0.4, -0.2) is 36.5 Å². The van der Waals surface area contributed by atoms with Gasteiger partial charge in [-0.15, -0.1) is 12.4 Å². The highest BCUT2D eigenvalue weighted by molar-refractivity contribution is 5.97. The van der Waals surface area contributed by atoms with E-state index < -0.39 is 0 Å². The summed E-state index contributed by atoms with van der Waals surface area (Å²) in [5.41, 5.74) is 0.616. The zero-order valence-electron chi connectivity index (χ0n) is 13.8. The van der Waals surface area contributed by atoms with Gasteiger partial charge in [-0.05, 0) is 44.2 Å². The quantitative estimate of drug-likeness (QED) is 0.897. The second-order valence-electron chi connectivity index (χ2n) is 5.65. The van der Waals surface area contributed by atoms with E-state index in [0.717, 1.165) is 25.3 Å². The molecule has 0 aliphatic carbocycles. The fourth-order valence-corrected chi connectivity index (χ4v) is 2.98. The number of para-hydroxylation sites is 2. The number of benzene rings is 2.